The van der Waals surface area contributed by atoms with E-state index in [-0.39, 0.29) is 24.2 Å². The lowest BCUT2D eigenvalue weighted by Crippen LogP contribution is -2.42. The second-order valence-corrected chi connectivity index (χ2v) is 6.04. The van der Waals surface area contributed by atoms with Gasteiger partial charge in [-0.3, -0.25) is 24.3 Å². The van der Waals surface area contributed by atoms with Crippen molar-refractivity contribution < 1.29 is 9.72 Å². The first kappa shape index (κ1) is 16.2. The Hall–Kier alpha value is -2.18. The predicted octanol–water partition coefficient (Wildman–Crippen LogP) is 1.79. The maximum Gasteiger partial charge on any atom is 0.285 e. The summed E-state index contributed by atoms with van der Waals surface area (Å²) in [5.41, 5.74) is -0.598. The molecule has 22 heavy (non-hydrogen) atoms. The number of hydrogen-bond donors (Lipinski definition) is 0. The van der Waals surface area contributed by atoms with Gasteiger partial charge >= 0.3 is 0 Å². The summed E-state index contributed by atoms with van der Waals surface area (Å²) in [6, 6.07) is 2.41. The molecule has 1 amide bonds. The quantitative estimate of drug-likeness (QED) is 0.629. The fourth-order valence-electron chi connectivity index (χ4n) is 2.86. The average molecular weight is 307 g/mol. The van der Waals surface area contributed by atoms with E-state index in [1.165, 1.54) is 0 Å². The Bertz CT molecular complexity index is 625. The molecular weight excluding hydrogens is 286 g/mol. The van der Waals surface area contributed by atoms with Crippen LogP contribution in [0, 0.1) is 16.0 Å². The molecule has 2 atom stereocenters. The van der Waals surface area contributed by atoms with Crippen LogP contribution >= 0.6 is 0 Å². The highest BCUT2D eigenvalue weighted by Gasteiger charge is 2.25. The molecule has 1 aromatic heterocycles. The Morgan fingerprint density at radius 2 is 2.09 bits per heavy atom. The van der Waals surface area contributed by atoms with E-state index in [0.29, 0.717) is 12.5 Å². The normalized spacial score (nSPS) is 22.2. The number of nitro groups is 1. The largest absolute Gasteiger partial charge is 0.338 e. The molecule has 1 fully saturated rings. The summed E-state index contributed by atoms with van der Waals surface area (Å²) >= 11 is 0. The maximum absolute atomic E-state index is 12.5. The van der Waals surface area contributed by atoms with Crippen LogP contribution in [-0.4, -0.2) is 32.9 Å². The van der Waals surface area contributed by atoms with Crippen molar-refractivity contribution in [2.24, 2.45) is 5.92 Å². The van der Waals surface area contributed by atoms with E-state index in [0.717, 1.165) is 42.2 Å². The molecular formula is C15H21N3O4. The van der Waals surface area contributed by atoms with E-state index in [2.05, 4.69) is 6.92 Å². The molecule has 0 N–H and O–H groups in total. The zero-order chi connectivity index (χ0) is 16.3. The van der Waals surface area contributed by atoms with Crippen LogP contribution in [0.15, 0.2) is 23.1 Å². The molecule has 0 aliphatic carbocycles. The van der Waals surface area contributed by atoms with Crippen LogP contribution in [0.4, 0.5) is 5.69 Å². The molecule has 2 rings (SSSR count). The standard InChI is InChI=1S/C15H21N3O4/c1-11-4-3-5-12(2)17(8-11)15(20)10-16-9-13(18(21)22)6-7-14(16)19/h6-7,9,11-12H,3-5,8,10H2,1-2H3. The minimum atomic E-state index is -0.572. The van der Waals surface area contributed by atoms with Gasteiger partial charge in [0.2, 0.25) is 5.91 Å². The van der Waals surface area contributed by atoms with Gasteiger partial charge in [0, 0.05) is 24.7 Å². The molecule has 1 saturated heterocycles. The molecule has 7 nitrogen and oxygen atoms in total. The molecule has 120 valence electrons. The van der Waals surface area contributed by atoms with Crippen molar-refractivity contribution >= 4 is 11.6 Å². The summed E-state index contributed by atoms with van der Waals surface area (Å²) < 4.78 is 1.11. The maximum atomic E-state index is 12.5. The van der Waals surface area contributed by atoms with Crippen LogP contribution in [0.1, 0.15) is 33.1 Å². The Kier molecular flexibility index (Phi) is 4.95. The van der Waals surface area contributed by atoms with E-state index < -0.39 is 10.5 Å². The first-order valence-electron chi connectivity index (χ1n) is 7.53. The third kappa shape index (κ3) is 3.72. The van der Waals surface area contributed by atoms with E-state index in [9.17, 15) is 19.7 Å². The van der Waals surface area contributed by atoms with E-state index >= 15 is 0 Å². The van der Waals surface area contributed by atoms with E-state index in [1.54, 1.807) is 4.90 Å². The third-order valence-electron chi connectivity index (χ3n) is 4.16. The fourth-order valence-corrected chi connectivity index (χ4v) is 2.86. The Balaban J connectivity index is 2.18. The minimum Gasteiger partial charge on any atom is -0.338 e. The van der Waals surface area contributed by atoms with Crippen molar-refractivity contribution in [3.05, 3.63) is 38.8 Å². The second-order valence-electron chi connectivity index (χ2n) is 6.04. The number of rotatable bonds is 3. The summed E-state index contributed by atoms with van der Waals surface area (Å²) in [7, 11) is 0. The van der Waals surface area contributed by atoms with Crippen molar-refractivity contribution in [2.75, 3.05) is 6.54 Å². The molecule has 0 spiro atoms. The SMILES string of the molecule is CC1CCCC(C)N(C(=O)Cn2cc([N+](=O)[O-])ccc2=O)C1. The summed E-state index contributed by atoms with van der Waals surface area (Å²) in [6.45, 7) is 4.63. The van der Waals surface area contributed by atoms with Crippen molar-refractivity contribution in [1.82, 2.24) is 9.47 Å². The third-order valence-corrected chi connectivity index (χ3v) is 4.16. The lowest BCUT2D eigenvalue weighted by atomic mass is 10.1. The fraction of sp³-hybridized carbons (Fsp3) is 0.600. The molecule has 0 aromatic carbocycles. The topological polar surface area (TPSA) is 85.4 Å². The number of aromatic nitrogens is 1. The van der Waals surface area contributed by atoms with Gasteiger partial charge in [-0.25, -0.2) is 0 Å². The number of likely N-dealkylation sites (tertiary alicyclic amines) is 1. The van der Waals surface area contributed by atoms with Crippen LogP contribution in [0.2, 0.25) is 0 Å². The molecule has 1 aliphatic rings. The van der Waals surface area contributed by atoms with Crippen molar-refractivity contribution in [3.63, 3.8) is 0 Å². The highest BCUT2D eigenvalue weighted by Crippen LogP contribution is 2.21. The molecule has 1 aliphatic heterocycles. The summed E-state index contributed by atoms with van der Waals surface area (Å²) in [5, 5.41) is 10.8. The number of carbonyl (C=O) groups is 1. The molecule has 2 heterocycles. The Labute approximate surface area is 128 Å². The van der Waals surface area contributed by atoms with Crippen LogP contribution in [0.3, 0.4) is 0 Å². The first-order valence-corrected chi connectivity index (χ1v) is 7.53. The zero-order valence-electron chi connectivity index (χ0n) is 12.9. The van der Waals surface area contributed by atoms with Crippen molar-refractivity contribution in [3.8, 4) is 0 Å². The Morgan fingerprint density at radius 3 is 2.77 bits per heavy atom. The van der Waals surface area contributed by atoms with Crippen LogP contribution < -0.4 is 5.56 Å². The lowest BCUT2D eigenvalue weighted by Gasteiger charge is -2.29. The van der Waals surface area contributed by atoms with Crippen LogP contribution in [0.5, 0.6) is 0 Å². The molecule has 7 heteroatoms. The zero-order valence-corrected chi connectivity index (χ0v) is 12.9. The van der Waals surface area contributed by atoms with Gasteiger partial charge in [-0.1, -0.05) is 13.3 Å². The number of pyridine rings is 1. The number of carbonyl (C=O) groups excluding carboxylic acids is 1. The monoisotopic (exact) mass is 307 g/mol. The number of nitrogens with zero attached hydrogens (tertiary/aromatic N) is 3. The van der Waals surface area contributed by atoms with Gasteiger partial charge in [-0.2, -0.15) is 0 Å². The van der Waals surface area contributed by atoms with Gasteiger partial charge in [-0.15, -0.1) is 0 Å². The van der Waals surface area contributed by atoms with Gasteiger partial charge in [0.25, 0.3) is 11.2 Å². The van der Waals surface area contributed by atoms with E-state index in [1.807, 2.05) is 6.92 Å². The predicted molar refractivity (Wildman–Crippen MR) is 81.5 cm³/mol. The first-order chi connectivity index (χ1) is 10.4. The number of hydrogen-bond acceptors (Lipinski definition) is 4. The summed E-state index contributed by atoms with van der Waals surface area (Å²) in [6.07, 6.45) is 4.25. The molecule has 1 aromatic rings. The average Bonchev–Trinajstić information content (AvgIpc) is 2.62. The molecule has 0 bridgehead atoms. The van der Waals surface area contributed by atoms with Gasteiger partial charge in [0.1, 0.15) is 6.54 Å². The van der Waals surface area contributed by atoms with Gasteiger partial charge in [0.05, 0.1) is 11.1 Å². The van der Waals surface area contributed by atoms with Crippen LogP contribution in [-0.2, 0) is 11.3 Å². The minimum absolute atomic E-state index is 0.131. The van der Waals surface area contributed by atoms with Crippen LogP contribution in [0.25, 0.3) is 0 Å². The summed E-state index contributed by atoms with van der Waals surface area (Å²) in [5.74, 6) is 0.263. The summed E-state index contributed by atoms with van der Waals surface area (Å²) in [4.78, 5) is 36.3. The van der Waals surface area contributed by atoms with Gasteiger partial charge in [-0.05, 0) is 25.7 Å². The van der Waals surface area contributed by atoms with Crippen molar-refractivity contribution in [2.45, 2.75) is 45.7 Å². The highest BCUT2D eigenvalue weighted by atomic mass is 16.6. The van der Waals surface area contributed by atoms with Gasteiger partial charge < -0.3 is 4.90 Å². The molecule has 0 radical (unpaired) electrons. The second kappa shape index (κ2) is 6.72. The Morgan fingerprint density at radius 1 is 1.36 bits per heavy atom. The molecule has 0 saturated carbocycles. The van der Waals surface area contributed by atoms with Gasteiger partial charge in [0.15, 0.2) is 0 Å². The molecule has 2 unspecified atom stereocenters. The lowest BCUT2D eigenvalue weighted by molar-refractivity contribution is -0.385. The van der Waals surface area contributed by atoms with Crippen molar-refractivity contribution in [1.29, 1.82) is 0 Å². The highest BCUT2D eigenvalue weighted by molar-refractivity contribution is 5.76. The smallest absolute Gasteiger partial charge is 0.285 e. The van der Waals surface area contributed by atoms with E-state index in [4.69, 9.17) is 0 Å². The number of amides is 1.